The normalized spacial score (nSPS) is 27.2. The van der Waals surface area contributed by atoms with Gasteiger partial charge in [0, 0.05) is 30.8 Å². The molecule has 2 aliphatic heterocycles. The smallest absolute Gasteiger partial charge is 0.123 e. The first kappa shape index (κ1) is 12.8. The Balaban J connectivity index is 1.73. The lowest BCUT2D eigenvalue weighted by Crippen LogP contribution is -2.44. The summed E-state index contributed by atoms with van der Waals surface area (Å²) < 4.78 is 5.13. The van der Waals surface area contributed by atoms with Crippen molar-refractivity contribution in [2.45, 2.75) is 25.4 Å². The number of phenols is 1. The fourth-order valence-electron chi connectivity index (χ4n) is 3.38. The molecule has 1 aromatic carbocycles. The summed E-state index contributed by atoms with van der Waals surface area (Å²) in [6, 6.07) is 6.22. The molecule has 2 saturated heterocycles. The first-order chi connectivity index (χ1) is 9.28. The Bertz CT molecular complexity index is 450. The molecule has 2 heterocycles. The van der Waals surface area contributed by atoms with Gasteiger partial charge in [0.2, 0.25) is 0 Å². The van der Waals surface area contributed by atoms with E-state index in [1.165, 1.54) is 12.8 Å². The van der Waals surface area contributed by atoms with Crippen LogP contribution in [-0.2, 0) is 6.54 Å². The van der Waals surface area contributed by atoms with Gasteiger partial charge in [-0.15, -0.1) is 0 Å². The number of rotatable bonds is 3. The first-order valence-corrected chi connectivity index (χ1v) is 7.08. The van der Waals surface area contributed by atoms with Crippen LogP contribution in [0.1, 0.15) is 18.4 Å². The third kappa shape index (κ3) is 2.55. The molecule has 0 amide bonds. The molecule has 0 aromatic heterocycles. The van der Waals surface area contributed by atoms with Gasteiger partial charge in [0.15, 0.2) is 0 Å². The van der Waals surface area contributed by atoms with Gasteiger partial charge in [-0.05, 0) is 37.9 Å². The van der Waals surface area contributed by atoms with Crippen LogP contribution in [0.15, 0.2) is 18.2 Å². The Morgan fingerprint density at radius 1 is 1.42 bits per heavy atom. The van der Waals surface area contributed by atoms with Crippen molar-refractivity contribution in [1.82, 2.24) is 10.2 Å². The number of fused-ring (bicyclic) bond motifs is 1. The highest BCUT2D eigenvalue weighted by molar-refractivity contribution is 5.39. The Morgan fingerprint density at radius 3 is 3.11 bits per heavy atom. The summed E-state index contributed by atoms with van der Waals surface area (Å²) in [7, 11) is 1.62. The van der Waals surface area contributed by atoms with Crippen LogP contribution in [-0.4, -0.2) is 42.8 Å². The minimum Gasteiger partial charge on any atom is -0.507 e. The zero-order valence-corrected chi connectivity index (χ0v) is 11.4. The highest BCUT2D eigenvalue weighted by atomic mass is 16.5. The maximum Gasteiger partial charge on any atom is 0.123 e. The van der Waals surface area contributed by atoms with Crippen LogP contribution in [0.25, 0.3) is 0 Å². The average molecular weight is 262 g/mol. The number of hydrogen-bond donors (Lipinski definition) is 2. The molecule has 2 unspecified atom stereocenters. The van der Waals surface area contributed by atoms with Crippen molar-refractivity contribution in [2.24, 2.45) is 5.92 Å². The van der Waals surface area contributed by atoms with E-state index < -0.39 is 0 Å². The highest BCUT2D eigenvalue weighted by Gasteiger charge is 2.34. The summed E-state index contributed by atoms with van der Waals surface area (Å²) in [5.74, 6) is 1.84. The van der Waals surface area contributed by atoms with Gasteiger partial charge in [-0.25, -0.2) is 0 Å². The van der Waals surface area contributed by atoms with Crippen molar-refractivity contribution in [2.75, 3.05) is 26.7 Å². The minimum absolute atomic E-state index is 0.340. The molecule has 2 aliphatic rings. The molecule has 0 bridgehead atoms. The van der Waals surface area contributed by atoms with Crippen molar-refractivity contribution in [3.63, 3.8) is 0 Å². The number of phenolic OH excluding ortho intramolecular Hbond substituents is 1. The monoisotopic (exact) mass is 262 g/mol. The lowest BCUT2D eigenvalue weighted by molar-refractivity contribution is 0.116. The van der Waals surface area contributed by atoms with Crippen LogP contribution in [0.5, 0.6) is 11.5 Å². The second kappa shape index (κ2) is 5.39. The number of piperidine rings is 1. The summed E-state index contributed by atoms with van der Waals surface area (Å²) >= 11 is 0. The molecule has 2 N–H and O–H groups in total. The summed E-state index contributed by atoms with van der Waals surface area (Å²) in [4.78, 5) is 2.51. The second-order valence-electron chi connectivity index (χ2n) is 5.59. The van der Waals surface area contributed by atoms with Gasteiger partial charge in [-0.2, -0.15) is 0 Å². The molecule has 3 rings (SSSR count). The van der Waals surface area contributed by atoms with E-state index in [1.54, 1.807) is 13.2 Å². The fraction of sp³-hybridized carbons (Fsp3) is 0.600. The van der Waals surface area contributed by atoms with Crippen LogP contribution < -0.4 is 10.1 Å². The Hall–Kier alpha value is -1.26. The molecule has 2 atom stereocenters. The first-order valence-electron chi connectivity index (χ1n) is 7.08. The third-order valence-electron chi connectivity index (χ3n) is 4.46. The van der Waals surface area contributed by atoms with Crippen molar-refractivity contribution < 1.29 is 9.84 Å². The molecule has 2 fully saturated rings. The van der Waals surface area contributed by atoms with Crippen LogP contribution in [0.2, 0.25) is 0 Å². The largest absolute Gasteiger partial charge is 0.507 e. The molecule has 4 heteroatoms. The molecule has 4 nitrogen and oxygen atoms in total. The summed E-state index contributed by atoms with van der Waals surface area (Å²) in [5.41, 5.74) is 0.994. The highest BCUT2D eigenvalue weighted by Crippen LogP contribution is 2.30. The van der Waals surface area contributed by atoms with Crippen LogP contribution in [0.4, 0.5) is 0 Å². The van der Waals surface area contributed by atoms with E-state index in [9.17, 15) is 5.11 Å². The second-order valence-corrected chi connectivity index (χ2v) is 5.59. The molecule has 0 saturated carbocycles. The minimum atomic E-state index is 0.340. The van der Waals surface area contributed by atoms with Crippen LogP contribution in [0.3, 0.4) is 0 Å². The molecular weight excluding hydrogens is 240 g/mol. The molecule has 0 spiro atoms. The SMILES string of the molecule is COc1ccc(CN2CCCC3CNCC32)c(O)c1. The maximum atomic E-state index is 10.1. The van der Waals surface area contributed by atoms with E-state index in [0.717, 1.165) is 37.7 Å². The predicted molar refractivity (Wildman–Crippen MR) is 74.5 cm³/mol. The Kier molecular flexibility index (Phi) is 3.62. The van der Waals surface area contributed by atoms with E-state index in [0.29, 0.717) is 17.5 Å². The zero-order chi connectivity index (χ0) is 13.2. The topological polar surface area (TPSA) is 44.7 Å². The Labute approximate surface area is 114 Å². The standard InChI is InChI=1S/C15H22N2O2/c1-19-13-5-4-12(15(18)7-13)10-17-6-2-3-11-8-16-9-14(11)17/h4-5,7,11,14,16,18H,2-3,6,8-10H2,1H3. The van der Waals surface area contributed by atoms with E-state index in [1.807, 2.05) is 12.1 Å². The van der Waals surface area contributed by atoms with Gasteiger partial charge in [-0.1, -0.05) is 6.07 Å². The van der Waals surface area contributed by atoms with Gasteiger partial charge < -0.3 is 15.2 Å². The Morgan fingerprint density at radius 2 is 2.32 bits per heavy atom. The number of aromatic hydroxyl groups is 1. The summed E-state index contributed by atoms with van der Waals surface area (Å²) in [6.45, 7) is 4.20. The van der Waals surface area contributed by atoms with Gasteiger partial charge in [0.05, 0.1) is 7.11 Å². The summed E-state index contributed by atoms with van der Waals surface area (Å²) in [6.07, 6.45) is 2.60. The van der Waals surface area contributed by atoms with Crippen molar-refractivity contribution >= 4 is 0 Å². The van der Waals surface area contributed by atoms with E-state index in [-0.39, 0.29) is 0 Å². The van der Waals surface area contributed by atoms with Gasteiger partial charge in [0.25, 0.3) is 0 Å². The quantitative estimate of drug-likeness (QED) is 0.868. The fourth-order valence-corrected chi connectivity index (χ4v) is 3.38. The summed E-state index contributed by atoms with van der Waals surface area (Å²) in [5, 5.41) is 13.6. The van der Waals surface area contributed by atoms with E-state index >= 15 is 0 Å². The van der Waals surface area contributed by atoms with Crippen molar-refractivity contribution in [1.29, 1.82) is 0 Å². The number of hydrogen-bond acceptors (Lipinski definition) is 4. The number of benzene rings is 1. The number of methoxy groups -OCH3 is 1. The van der Waals surface area contributed by atoms with Gasteiger partial charge in [-0.3, -0.25) is 4.90 Å². The third-order valence-corrected chi connectivity index (χ3v) is 4.46. The van der Waals surface area contributed by atoms with Crippen LogP contribution >= 0.6 is 0 Å². The molecular formula is C15H22N2O2. The number of ether oxygens (including phenoxy) is 1. The van der Waals surface area contributed by atoms with Gasteiger partial charge in [0.1, 0.15) is 11.5 Å². The number of nitrogens with one attached hydrogen (secondary N) is 1. The molecule has 104 valence electrons. The maximum absolute atomic E-state index is 10.1. The molecule has 1 aromatic rings. The van der Waals surface area contributed by atoms with Crippen molar-refractivity contribution in [3.8, 4) is 11.5 Å². The van der Waals surface area contributed by atoms with Crippen LogP contribution in [0, 0.1) is 5.92 Å². The average Bonchev–Trinajstić information content (AvgIpc) is 2.90. The van der Waals surface area contributed by atoms with E-state index in [4.69, 9.17) is 4.74 Å². The lowest BCUT2D eigenvalue weighted by atomic mass is 9.91. The molecule has 0 radical (unpaired) electrons. The number of likely N-dealkylation sites (tertiary alicyclic amines) is 1. The molecule has 0 aliphatic carbocycles. The van der Waals surface area contributed by atoms with Gasteiger partial charge >= 0.3 is 0 Å². The van der Waals surface area contributed by atoms with E-state index in [2.05, 4.69) is 10.2 Å². The van der Waals surface area contributed by atoms with Crippen molar-refractivity contribution in [3.05, 3.63) is 23.8 Å². The molecule has 19 heavy (non-hydrogen) atoms. The lowest BCUT2D eigenvalue weighted by Gasteiger charge is -2.37. The zero-order valence-electron chi connectivity index (χ0n) is 11.4. The number of nitrogens with zero attached hydrogens (tertiary/aromatic N) is 1. The predicted octanol–water partition coefficient (Wildman–Crippen LogP) is 1.58.